The lowest BCUT2D eigenvalue weighted by Crippen LogP contribution is -2.27. The number of pyridine rings is 1. The zero-order chi connectivity index (χ0) is 22.3. The fraction of sp³-hybridized carbons (Fsp3) is 0.200. The largest absolute Gasteiger partial charge is 0.355 e. The Morgan fingerprint density at radius 1 is 1.00 bits per heavy atom. The van der Waals surface area contributed by atoms with Crippen molar-refractivity contribution in [2.24, 2.45) is 0 Å². The standard InChI is InChI=1S/C25H25N5OS/c1-18-8-9-19(2)22(16-18)30-24(21-11-13-26-14-12-21)28-29-25(30)32-17-23(31)27-15-10-20-6-4-3-5-7-20/h3-9,11-14,16H,10,15,17H2,1-2H3,(H,27,31). The second-order valence-corrected chi connectivity index (χ2v) is 8.48. The van der Waals surface area contributed by atoms with Gasteiger partial charge in [-0.25, -0.2) is 0 Å². The van der Waals surface area contributed by atoms with Gasteiger partial charge < -0.3 is 5.32 Å². The summed E-state index contributed by atoms with van der Waals surface area (Å²) in [6.45, 7) is 4.73. The molecule has 7 heteroatoms. The number of nitrogens with zero attached hydrogens (tertiary/aromatic N) is 4. The maximum absolute atomic E-state index is 12.5. The van der Waals surface area contributed by atoms with Crippen molar-refractivity contribution >= 4 is 17.7 Å². The van der Waals surface area contributed by atoms with Crippen molar-refractivity contribution in [3.8, 4) is 17.1 Å². The van der Waals surface area contributed by atoms with Gasteiger partial charge >= 0.3 is 0 Å². The molecule has 0 saturated carbocycles. The number of carbonyl (C=O) groups is 1. The van der Waals surface area contributed by atoms with E-state index >= 15 is 0 Å². The molecule has 6 nitrogen and oxygen atoms in total. The molecule has 0 radical (unpaired) electrons. The molecule has 2 heterocycles. The number of hydrogen-bond acceptors (Lipinski definition) is 5. The number of benzene rings is 2. The Labute approximate surface area is 192 Å². The fourth-order valence-electron chi connectivity index (χ4n) is 3.40. The molecule has 0 spiro atoms. The predicted molar refractivity (Wildman–Crippen MR) is 128 cm³/mol. The highest BCUT2D eigenvalue weighted by molar-refractivity contribution is 7.99. The zero-order valence-corrected chi connectivity index (χ0v) is 19.0. The molecule has 0 unspecified atom stereocenters. The number of aromatic nitrogens is 4. The molecule has 0 aliphatic carbocycles. The van der Waals surface area contributed by atoms with E-state index in [9.17, 15) is 4.79 Å². The van der Waals surface area contributed by atoms with Gasteiger partial charge in [0.1, 0.15) is 0 Å². The summed E-state index contributed by atoms with van der Waals surface area (Å²) in [5.41, 5.74) is 5.40. The minimum Gasteiger partial charge on any atom is -0.355 e. The molecule has 0 fully saturated rings. The first kappa shape index (κ1) is 21.8. The van der Waals surface area contributed by atoms with E-state index in [0.29, 0.717) is 11.7 Å². The predicted octanol–water partition coefficient (Wildman–Crippen LogP) is 4.40. The molecule has 0 atom stereocenters. The second kappa shape index (κ2) is 10.2. The number of aryl methyl sites for hydroxylation is 2. The summed E-state index contributed by atoms with van der Waals surface area (Å²) in [5.74, 6) is 0.980. The molecule has 4 aromatic rings. The Balaban J connectivity index is 1.51. The van der Waals surface area contributed by atoms with Crippen LogP contribution in [0.5, 0.6) is 0 Å². The van der Waals surface area contributed by atoms with E-state index in [1.54, 1.807) is 12.4 Å². The Hall–Kier alpha value is -3.45. The number of nitrogens with one attached hydrogen (secondary N) is 1. The topological polar surface area (TPSA) is 72.7 Å². The van der Waals surface area contributed by atoms with E-state index in [1.807, 2.05) is 34.9 Å². The van der Waals surface area contributed by atoms with Gasteiger partial charge in [-0.1, -0.05) is 54.2 Å². The summed E-state index contributed by atoms with van der Waals surface area (Å²) >= 11 is 1.39. The van der Waals surface area contributed by atoms with E-state index in [-0.39, 0.29) is 11.7 Å². The van der Waals surface area contributed by atoms with Gasteiger partial charge in [0.2, 0.25) is 5.91 Å². The summed E-state index contributed by atoms with van der Waals surface area (Å²) in [6.07, 6.45) is 4.29. The molecule has 0 bridgehead atoms. The van der Waals surface area contributed by atoms with Crippen LogP contribution in [0.4, 0.5) is 0 Å². The van der Waals surface area contributed by atoms with Gasteiger partial charge in [-0.2, -0.15) is 0 Å². The molecule has 2 aromatic carbocycles. The van der Waals surface area contributed by atoms with Crippen LogP contribution in [-0.2, 0) is 11.2 Å². The van der Waals surface area contributed by atoms with E-state index in [4.69, 9.17) is 0 Å². The van der Waals surface area contributed by atoms with Crippen LogP contribution in [0.1, 0.15) is 16.7 Å². The van der Waals surface area contributed by atoms with Crippen molar-refractivity contribution in [3.63, 3.8) is 0 Å². The Kier molecular flexibility index (Phi) is 6.97. The molecule has 0 saturated heterocycles. The normalized spacial score (nSPS) is 10.8. The maximum Gasteiger partial charge on any atom is 0.230 e. The third kappa shape index (κ3) is 5.23. The van der Waals surface area contributed by atoms with Gasteiger partial charge in [0.15, 0.2) is 11.0 Å². The molecule has 4 rings (SSSR count). The average Bonchev–Trinajstić information content (AvgIpc) is 3.24. The zero-order valence-electron chi connectivity index (χ0n) is 18.2. The molecular weight excluding hydrogens is 418 g/mol. The van der Waals surface area contributed by atoms with Crippen molar-refractivity contribution < 1.29 is 4.79 Å². The van der Waals surface area contributed by atoms with Gasteiger partial charge in [0.25, 0.3) is 0 Å². The number of thioether (sulfide) groups is 1. The molecule has 1 amide bonds. The minimum absolute atomic E-state index is 0.0214. The Morgan fingerprint density at radius 2 is 1.78 bits per heavy atom. The van der Waals surface area contributed by atoms with Crippen molar-refractivity contribution in [1.29, 1.82) is 0 Å². The molecule has 1 N–H and O–H groups in total. The first-order valence-electron chi connectivity index (χ1n) is 10.5. The summed E-state index contributed by atoms with van der Waals surface area (Å²) in [6, 6.07) is 20.3. The summed E-state index contributed by atoms with van der Waals surface area (Å²) < 4.78 is 2.03. The Morgan fingerprint density at radius 3 is 2.56 bits per heavy atom. The highest BCUT2D eigenvalue weighted by atomic mass is 32.2. The monoisotopic (exact) mass is 443 g/mol. The van der Waals surface area contributed by atoms with Crippen molar-refractivity contribution in [1.82, 2.24) is 25.1 Å². The lowest BCUT2D eigenvalue weighted by atomic mass is 10.1. The summed E-state index contributed by atoms with van der Waals surface area (Å²) in [4.78, 5) is 16.6. The van der Waals surface area contributed by atoms with Crippen LogP contribution in [0.25, 0.3) is 17.1 Å². The van der Waals surface area contributed by atoms with Crippen molar-refractivity contribution in [2.45, 2.75) is 25.4 Å². The van der Waals surface area contributed by atoms with Crippen LogP contribution in [0.2, 0.25) is 0 Å². The maximum atomic E-state index is 12.5. The first-order valence-corrected chi connectivity index (χ1v) is 11.5. The van der Waals surface area contributed by atoms with Gasteiger partial charge in [0, 0.05) is 24.5 Å². The van der Waals surface area contributed by atoms with Gasteiger partial charge in [0.05, 0.1) is 11.4 Å². The molecule has 0 aliphatic heterocycles. The van der Waals surface area contributed by atoms with Gasteiger partial charge in [-0.15, -0.1) is 10.2 Å². The lowest BCUT2D eigenvalue weighted by molar-refractivity contribution is -0.118. The van der Waals surface area contributed by atoms with Gasteiger partial charge in [-0.05, 0) is 55.2 Å². The van der Waals surface area contributed by atoms with Crippen molar-refractivity contribution in [3.05, 3.63) is 89.7 Å². The van der Waals surface area contributed by atoms with Crippen molar-refractivity contribution in [2.75, 3.05) is 12.3 Å². The fourth-order valence-corrected chi connectivity index (χ4v) is 4.18. The number of amides is 1. The van der Waals surface area contributed by atoms with E-state index in [2.05, 4.69) is 64.7 Å². The molecule has 32 heavy (non-hydrogen) atoms. The molecule has 162 valence electrons. The highest BCUT2D eigenvalue weighted by Gasteiger charge is 2.18. The van der Waals surface area contributed by atoms with E-state index < -0.39 is 0 Å². The molecule has 0 aliphatic rings. The van der Waals surface area contributed by atoms with Crippen LogP contribution in [0.3, 0.4) is 0 Å². The SMILES string of the molecule is Cc1ccc(C)c(-n2c(SCC(=O)NCCc3ccccc3)nnc2-c2ccncc2)c1. The van der Waals surface area contributed by atoms with E-state index in [0.717, 1.165) is 34.6 Å². The minimum atomic E-state index is -0.0214. The third-order valence-corrected chi connectivity index (χ3v) is 6.02. The molecular formula is C25H25N5OS. The van der Waals surface area contributed by atoms with Crippen LogP contribution in [0.15, 0.2) is 78.2 Å². The quantitative estimate of drug-likeness (QED) is 0.409. The van der Waals surface area contributed by atoms with Crippen LogP contribution >= 0.6 is 11.8 Å². The van der Waals surface area contributed by atoms with Gasteiger partial charge in [-0.3, -0.25) is 14.3 Å². The Bertz CT molecular complexity index is 1190. The molecule has 2 aromatic heterocycles. The third-order valence-electron chi connectivity index (χ3n) is 5.09. The lowest BCUT2D eigenvalue weighted by Gasteiger charge is -2.14. The number of hydrogen-bond donors (Lipinski definition) is 1. The first-order chi connectivity index (χ1) is 15.6. The van der Waals surface area contributed by atoms with Crippen LogP contribution < -0.4 is 5.32 Å². The summed E-state index contributed by atoms with van der Waals surface area (Å²) in [7, 11) is 0. The average molecular weight is 444 g/mol. The number of carbonyl (C=O) groups excluding carboxylic acids is 1. The summed E-state index contributed by atoms with van der Waals surface area (Å²) in [5, 5.41) is 12.5. The van der Waals surface area contributed by atoms with Crippen LogP contribution in [-0.4, -0.2) is 38.0 Å². The smallest absolute Gasteiger partial charge is 0.230 e. The van der Waals surface area contributed by atoms with Crippen LogP contribution in [0, 0.1) is 13.8 Å². The second-order valence-electron chi connectivity index (χ2n) is 7.54. The number of rotatable bonds is 8. The van der Waals surface area contributed by atoms with E-state index in [1.165, 1.54) is 17.3 Å². The highest BCUT2D eigenvalue weighted by Crippen LogP contribution is 2.29.